The first-order valence-corrected chi connectivity index (χ1v) is 12.5. The molecule has 40 heavy (non-hydrogen) atoms. The van der Waals surface area contributed by atoms with Crippen LogP contribution >= 0.6 is 0 Å². The van der Waals surface area contributed by atoms with Crippen LogP contribution in [0.25, 0.3) is 11.1 Å². The van der Waals surface area contributed by atoms with Crippen molar-refractivity contribution < 1.29 is 22.8 Å². The maximum absolute atomic E-state index is 14.2. The van der Waals surface area contributed by atoms with Crippen LogP contribution in [-0.4, -0.2) is 26.6 Å². The van der Waals surface area contributed by atoms with Crippen LogP contribution in [-0.2, 0) is 30.6 Å². The predicted octanol–water partition coefficient (Wildman–Crippen LogP) is 3.92. The number of nitriles is 1. The average Bonchev–Trinajstić information content (AvgIpc) is 3.52. The van der Waals surface area contributed by atoms with E-state index in [4.69, 9.17) is 5.73 Å². The lowest BCUT2D eigenvalue weighted by atomic mass is 9.94. The predicted molar refractivity (Wildman–Crippen MR) is 138 cm³/mol. The minimum absolute atomic E-state index is 0.0328. The molecule has 4 aromatic rings. The highest BCUT2D eigenvalue weighted by atomic mass is 19.1. The number of pyridine rings is 1. The third-order valence-electron chi connectivity index (χ3n) is 6.81. The summed E-state index contributed by atoms with van der Waals surface area (Å²) in [5.74, 6) is -3.75. The van der Waals surface area contributed by atoms with Crippen molar-refractivity contribution in [3.05, 3.63) is 106 Å². The lowest BCUT2D eigenvalue weighted by Crippen LogP contribution is -2.34. The Morgan fingerprint density at radius 2 is 1.88 bits per heavy atom. The van der Waals surface area contributed by atoms with E-state index in [-0.39, 0.29) is 24.1 Å². The molecule has 2 aromatic heterocycles. The van der Waals surface area contributed by atoms with Crippen molar-refractivity contribution in [3.63, 3.8) is 0 Å². The lowest BCUT2D eigenvalue weighted by molar-refractivity contribution is -0.122. The first-order valence-electron chi connectivity index (χ1n) is 12.5. The molecule has 2 amide bonds. The van der Waals surface area contributed by atoms with Crippen molar-refractivity contribution >= 4 is 11.8 Å². The Morgan fingerprint density at radius 3 is 2.60 bits per heavy atom. The van der Waals surface area contributed by atoms with Crippen LogP contribution in [0, 0.1) is 28.8 Å². The van der Waals surface area contributed by atoms with Gasteiger partial charge in [-0.25, -0.2) is 13.2 Å². The van der Waals surface area contributed by atoms with Gasteiger partial charge in [0, 0.05) is 29.1 Å². The van der Waals surface area contributed by atoms with Gasteiger partial charge in [-0.2, -0.15) is 10.4 Å². The van der Waals surface area contributed by atoms with E-state index in [0.717, 1.165) is 48.4 Å². The Balaban J connectivity index is 1.52. The molecule has 1 unspecified atom stereocenters. The molecular weight excluding hydrogens is 521 g/mol. The molecule has 3 N–H and O–H groups in total. The minimum Gasteiger partial charge on any atom is -0.366 e. The van der Waals surface area contributed by atoms with E-state index >= 15 is 0 Å². The fraction of sp³-hybridized carbons (Fsp3) is 0.207. The normalized spacial score (nSPS) is 12.9. The maximum Gasteiger partial charge on any atom is 0.251 e. The zero-order chi connectivity index (χ0) is 28.4. The number of carbonyl (C=O) groups is 2. The molecule has 0 radical (unpaired) electrons. The minimum atomic E-state index is -0.951. The van der Waals surface area contributed by atoms with Gasteiger partial charge in [-0.05, 0) is 67.1 Å². The molecule has 0 bridgehead atoms. The second-order valence-electron chi connectivity index (χ2n) is 9.49. The molecule has 0 saturated heterocycles. The first kappa shape index (κ1) is 26.6. The molecule has 0 aliphatic heterocycles. The number of hydrogen-bond acceptors (Lipinski definition) is 5. The van der Waals surface area contributed by atoms with Crippen LogP contribution in [0.1, 0.15) is 51.0 Å². The summed E-state index contributed by atoms with van der Waals surface area (Å²) < 4.78 is 43.8. The van der Waals surface area contributed by atoms with Crippen LogP contribution in [0.2, 0.25) is 0 Å². The second-order valence-corrected chi connectivity index (χ2v) is 9.49. The van der Waals surface area contributed by atoms with Crippen LogP contribution in [0.5, 0.6) is 0 Å². The van der Waals surface area contributed by atoms with Crippen molar-refractivity contribution in [2.75, 3.05) is 0 Å². The summed E-state index contributed by atoms with van der Waals surface area (Å²) in [7, 11) is 0. The molecule has 11 heteroatoms. The average molecular weight is 545 g/mol. The molecule has 202 valence electrons. The molecule has 1 aliphatic carbocycles. The van der Waals surface area contributed by atoms with E-state index < -0.39 is 35.3 Å². The quantitative estimate of drug-likeness (QED) is 0.348. The number of nitrogens with zero attached hydrogens (tertiary/aromatic N) is 4. The number of benzene rings is 2. The number of nitrogens with one attached hydrogen (secondary N) is 1. The number of halogens is 3. The third-order valence-corrected chi connectivity index (χ3v) is 6.81. The number of carbonyl (C=O) groups excluding carboxylic acids is 2. The highest BCUT2D eigenvalue weighted by molar-refractivity contribution is 5.94. The molecule has 0 spiro atoms. The van der Waals surface area contributed by atoms with E-state index in [1.54, 1.807) is 12.1 Å². The van der Waals surface area contributed by atoms with E-state index in [1.165, 1.54) is 23.0 Å². The summed E-state index contributed by atoms with van der Waals surface area (Å²) >= 11 is 0. The Hall–Kier alpha value is -4.98. The molecule has 1 atom stereocenters. The SMILES string of the molecule is N#Cc1nn(CC(=O)NC(Cc2cc(F)cc(F)c2)c2ncccc2-c2ccc(F)c(C(N)=O)c2)c2c1CCC2. The maximum atomic E-state index is 14.2. The van der Waals surface area contributed by atoms with Gasteiger partial charge in [-0.15, -0.1) is 0 Å². The zero-order valence-corrected chi connectivity index (χ0v) is 21.1. The molecule has 8 nitrogen and oxygen atoms in total. The smallest absolute Gasteiger partial charge is 0.251 e. The highest BCUT2D eigenvalue weighted by Gasteiger charge is 2.26. The number of rotatable bonds is 8. The number of primary amides is 1. The zero-order valence-electron chi connectivity index (χ0n) is 21.1. The topological polar surface area (TPSA) is 127 Å². The van der Waals surface area contributed by atoms with Gasteiger partial charge in [0.05, 0.1) is 17.3 Å². The Morgan fingerprint density at radius 1 is 1.10 bits per heavy atom. The van der Waals surface area contributed by atoms with Gasteiger partial charge >= 0.3 is 0 Å². The van der Waals surface area contributed by atoms with E-state index in [2.05, 4.69) is 21.5 Å². The van der Waals surface area contributed by atoms with Gasteiger partial charge in [0.1, 0.15) is 30.1 Å². The molecule has 5 rings (SSSR count). The van der Waals surface area contributed by atoms with E-state index in [9.17, 15) is 28.0 Å². The molecule has 0 saturated carbocycles. The molecule has 0 fully saturated rings. The number of fused-ring (bicyclic) bond motifs is 1. The molecule has 2 aromatic carbocycles. The van der Waals surface area contributed by atoms with Crippen molar-refractivity contribution in [2.24, 2.45) is 5.73 Å². The van der Waals surface area contributed by atoms with Crippen LogP contribution < -0.4 is 11.1 Å². The van der Waals surface area contributed by atoms with Gasteiger partial charge in [0.25, 0.3) is 5.91 Å². The van der Waals surface area contributed by atoms with E-state index in [0.29, 0.717) is 28.9 Å². The van der Waals surface area contributed by atoms with Crippen molar-refractivity contribution in [1.82, 2.24) is 20.1 Å². The van der Waals surface area contributed by atoms with E-state index in [1.807, 2.05) is 0 Å². The fourth-order valence-electron chi connectivity index (χ4n) is 5.11. The van der Waals surface area contributed by atoms with Crippen LogP contribution in [0.15, 0.2) is 54.7 Å². The summed E-state index contributed by atoms with van der Waals surface area (Å²) in [5, 5.41) is 16.6. The van der Waals surface area contributed by atoms with Gasteiger partial charge in [-0.1, -0.05) is 12.1 Å². The fourth-order valence-corrected chi connectivity index (χ4v) is 5.11. The van der Waals surface area contributed by atoms with Crippen LogP contribution in [0.4, 0.5) is 13.2 Å². The third kappa shape index (κ3) is 5.42. The van der Waals surface area contributed by atoms with Gasteiger partial charge in [-0.3, -0.25) is 19.3 Å². The number of nitrogens with two attached hydrogens (primary N) is 1. The van der Waals surface area contributed by atoms with Gasteiger partial charge in [0.2, 0.25) is 5.91 Å². The number of amides is 2. The summed E-state index contributed by atoms with van der Waals surface area (Å²) in [6, 6.07) is 11.4. The Bertz CT molecular complexity index is 1660. The summed E-state index contributed by atoms with van der Waals surface area (Å²) in [5.41, 5.74) is 8.44. The van der Waals surface area contributed by atoms with Crippen LogP contribution in [0.3, 0.4) is 0 Å². The molecule has 2 heterocycles. The van der Waals surface area contributed by atoms with Crippen molar-refractivity contribution in [1.29, 1.82) is 5.26 Å². The lowest BCUT2D eigenvalue weighted by Gasteiger charge is -2.22. The highest BCUT2D eigenvalue weighted by Crippen LogP contribution is 2.31. The number of hydrogen-bond donors (Lipinski definition) is 2. The molecule has 1 aliphatic rings. The van der Waals surface area contributed by atoms with Crippen molar-refractivity contribution in [3.8, 4) is 17.2 Å². The largest absolute Gasteiger partial charge is 0.366 e. The standard InChI is InChI=1S/C29H23F3N6O2/c30-18-9-16(10-19(31)13-18)11-24(36-27(39)15-38-26-5-1-3-21(26)25(14-33)37-38)28-20(4-2-8-35-28)17-6-7-23(32)22(12-17)29(34)40/h2,4,6-10,12-13,24H,1,3,5,11,15H2,(H2,34,40)(H,36,39). The Labute approximate surface area is 227 Å². The summed E-state index contributed by atoms with van der Waals surface area (Å²) in [6.07, 6.45) is 3.73. The summed E-state index contributed by atoms with van der Waals surface area (Å²) in [4.78, 5) is 29.5. The summed E-state index contributed by atoms with van der Waals surface area (Å²) in [6.45, 7) is -0.178. The van der Waals surface area contributed by atoms with Crippen molar-refractivity contribution in [2.45, 2.75) is 38.3 Å². The second kappa shape index (κ2) is 11.0. The van der Waals surface area contributed by atoms with Gasteiger partial charge < -0.3 is 11.1 Å². The van der Waals surface area contributed by atoms with Gasteiger partial charge in [0.15, 0.2) is 5.69 Å². The molecular formula is C29H23F3N6O2. The first-order chi connectivity index (χ1) is 19.2. The number of aromatic nitrogens is 3. The monoisotopic (exact) mass is 544 g/mol. The Kier molecular flexibility index (Phi) is 7.33.